The van der Waals surface area contributed by atoms with E-state index in [-0.39, 0.29) is 23.7 Å². The van der Waals surface area contributed by atoms with Gasteiger partial charge in [-0.1, -0.05) is 0 Å². The van der Waals surface area contributed by atoms with E-state index in [2.05, 4.69) is 0 Å². The van der Waals surface area contributed by atoms with E-state index in [0.717, 1.165) is 0 Å². The number of carboxylic acid groups (broad SMARTS) is 2. The molecule has 8 nitrogen and oxygen atoms in total. The largest absolute Gasteiger partial charge is 0.481 e. The first-order valence-corrected chi connectivity index (χ1v) is 8.19. The third-order valence-electron chi connectivity index (χ3n) is 4.58. The lowest BCUT2D eigenvalue weighted by Crippen LogP contribution is -2.38. The van der Waals surface area contributed by atoms with Crippen LogP contribution in [0.15, 0.2) is 0 Å². The highest BCUT2D eigenvalue weighted by atomic mass is 16.4. The van der Waals surface area contributed by atoms with Crippen LogP contribution in [-0.2, 0) is 19.2 Å². The lowest BCUT2D eigenvalue weighted by atomic mass is 9.97. The zero-order valence-corrected chi connectivity index (χ0v) is 14.2. The van der Waals surface area contributed by atoms with E-state index >= 15 is 0 Å². The third-order valence-corrected chi connectivity index (χ3v) is 4.58. The molecule has 2 fully saturated rings. The van der Waals surface area contributed by atoms with E-state index < -0.39 is 11.9 Å². The fraction of sp³-hybridized carbons (Fsp3) is 0.750. The second-order valence-electron chi connectivity index (χ2n) is 6.24. The normalized spacial score (nSPS) is 19.2. The highest BCUT2D eigenvalue weighted by molar-refractivity contribution is 5.75. The molecule has 2 heterocycles. The molecule has 0 bridgehead atoms. The molecule has 2 amide bonds. The first-order valence-electron chi connectivity index (χ1n) is 8.19. The molecule has 0 saturated carbocycles. The van der Waals surface area contributed by atoms with E-state index in [9.17, 15) is 19.2 Å². The zero-order chi connectivity index (χ0) is 18.3. The quantitative estimate of drug-likeness (QED) is 0.762. The third kappa shape index (κ3) is 6.17. The summed E-state index contributed by atoms with van der Waals surface area (Å²) in [6, 6.07) is 0. The van der Waals surface area contributed by atoms with Crippen molar-refractivity contribution in [1.29, 1.82) is 0 Å². The Bertz CT molecular complexity index is 389. The first-order chi connectivity index (χ1) is 11.2. The molecular formula is C16H26N2O6. The van der Waals surface area contributed by atoms with E-state index in [1.165, 1.54) is 13.8 Å². The molecule has 0 unspecified atom stereocenters. The van der Waals surface area contributed by atoms with Crippen LogP contribution in [0.4, 0.5) is 0 Å². The van der Waals surface area contributed by atoms with E-state index in [1.54, 1.807) is 9.80 Å². The number of rotatable bonds is 2. The molecule has 0 aliphatic carbocycles. The van der Waals surface area contributed by atoms with Crippen molar-refractivity contribution in [3.8, 4) is 0 Å². The molecular weight excluding hydrogens is 316 g/mol. The Morgan fingerprint density at radius 3 is 1.08 bits per heavy atom. The molecule has 2 saturated heterocycles. The fourth-order valence-corrected chi connectivity index (χ4v) is 2.88. The van der Waals surface area contributed by atoms with Gasteiger partial charge in [-0.2, -0.15) is 0 Å². The van der Waals surface area contributed by atoms with Crippen molar-refractivity contribution >= 4 is 23.8 Å². The minimum atomic E-state index is -0.738. The fourth-order valence-electron chi connectivity index (χ4n) is 2.88. The summed E-state index contributed by atoms with van der Waals surface area (Å²) in [7, 11) is 0. The Balaban J connectivity index is 0.000000240. The van der Waals surface area contributed by atoms with Crippen molar-refractivity contribution in [2.45, 2.75) is 39.5 Å². The van der Waals surface area contributed by atoms with Crippen LogP contribution in [0.5, 0.6) is 0 Å². The molecule has 136 valence electrons. The van der Waals surface area contributed by atoms with Gasteiger partial charge in [0, 0.05) is 40.0 Å². The average molecular weight is 342 g/mol. The molecule has 0 aromatic carbocycles. The number of likely N-dealkylation sites (tertiary alicyclic amines) is 2. The van der Waals surface area contributed by atoms with Gasteiger partial charge in [-0.25, -0.2) is 0 Å². The summed E-state index contributed by atoms with van der Waals surface area (Å²) < 4.78 is 0. The molecule has 8 heteroatoms. The minimum Gasteiger partial charge on any atom is -0.481 e. The molecule has 24 heavy (non-hydrogen) atoms. The maximum atomic E-state index is 10.9. The summed E-state index contributed by atoms with van der Waals surface area (Å²) in [6.45, 7) is 5.39. The summed E-state index contributed by atoms with van der Waals surface area (Å²) in [5.41, 5.74) is 0. The number of piperidine rings is 2. The predicted octanol–water partition coefficient (Wildman–Crippen LogP) is 0.659. The van der Waals surface area contributed by atoms with E-state index in [4.69, 9.17) is 10.2 Å². The zero-order valence-electron chi connectivity index (χ0n) is 14.2. The van der Waals surface area contributed by atoms with Crippen LogP contribution < -0.4 is 0 Å². The standard InChI is InChI=1S/2C8H13NO3/c2*1-6(10)9-4-2-7(3-5-9)8(11)12/h2*7H,2-5H2,1H3,(H,11,12). The smallest absolute Gasteiger partial charge is 0.306 e. The van der Waals surface area contributed by atoms with Gasteiger partial charge in [0.1, 0.15) is 0 Å². The second-order valence-corrected chi connectivity index (χ2v) is 6.24. The number of aliphatic carboxylic acids is 2. The van der Waals surface area contributed by atoms with Crippen molar-refractivity contribution in [2.75, 3.05) is 26.2 Å². The molecule has 2 N–H and O–H groups in total. The van der Waals surface area contributed by atoms with E-state index in [1.807, 2.05) is 0 Å². The number of nitrogens with zero attached hydrogens (tertiary/aromatic N) is 2. The van der Waals surface area contributed by atoms with Crippen LogP contribution in [-0.4, -0.2) is 69.9 Å². The monoisotopic (exact) mass is 342 g/mol. The SMILES string of the molecule is CC(=O)N1CCC(C(=O)O)CC1.CC(=O)N1CCC(C(=O)O)CC1. The van der Waals surface area contributed by atoms with Gasteiger partial charge in [0.05, 0.1) is 11.8 Å². The molecule has 0 atom stereocenters. The van der Waals surface area contributed by atoms with Gasteiger partial charge in [0.2, 0.25) is 11.8 Å². The minimum absolute atomic E-state index is 0.0406. The summed E-state index contributed by atoms with van der Waals surface area (Å²) >= 11 is 0. The Morgan fingerprint density at radius 2 is 0.917 bits per heavy atom. The van der Waals surface area contributed by atoms with Gasteiger partial charge in [0.15, 0.2) is 0 Å². The van der Waals surface area contributed by atoms with Crippen LogP contribution in [0.2, 0.25) is 0 Å². The molecule has 0 radical (unpaired) electrons. The Morgan fingerprint density at radius 1 is 0.667 bits per heavy atom. The second kappa shape index (κ2) is 9.24. The average Bonchev–Trinajstić information content (AvgIpc) is 2.55. The lowest BCUT2D eigenvalue weighted by molar-refractivity contribution is -0.145. The van der Waals surface area contributed by atoms with E-state index in [0.29, 0.717) is 51.9 Å². The van der Waals surface area contributed by atoms with Gasteiger partial charge in [0.25, 0.3) is 0 Å². The molecule has 0 spiro atoms. The molecule has 0 aromatic heterocycles. The Kier molecular flexibility index (Phi) is 7.67. The van der Waals surface area contributed by atoms with Crippen molar-refractivity contribution in [3.63, 3.8) is 0 Å². The summed E-state index contributed by atoms with van der Waals surface area (Å²) in [5, 5.41) is 17.3. The highest BCUT2D eigenvalue weighted by Gasteiger charge is 2.26. The van der Waals surface area contributed by atoms with Gasteiger partial charge in [-0.05, 0) is 25.7 Å². The number of carbonyl (C=O) groups excluding carboxylic acids is 2. The summed E-state index contributed by atoms with van der Waals surface area (Å²) in [6.07, 6.45) is 2.37. The number of amides is 2. The first kappa shape index (κ1) is 19.9. The Hall–Kier alpha value is -2.12. The number of hydrogen-bond acceptors (Lipinski definition) is 4. The number of carbonyl (C=O) groups is 4. The van der Waals surface area contributed by atoms with Crippen LogP contribution in [0.25, 0.3) is 0 Å². The molecule has 2 rings (SSSR count). The molecule has 2 aliphatic heterocycles. The number of hydrogen-bond donors (Lipinski definition) is 2. The van der Waals surface area contributed by atoms with Crippen LogP contribution in [0.3, 0.4) is 0 Å². The molecule has 0 aromatic rings. The maximum Gasteiger partial charge on any atom is 0.306 e. The van der Waals surface area contributed by atoms with Gasteiger partial charge < -0.3 is 20.0 Å². The van der Waals surface area contributed by atoms with Crippen LogP contribution in [0.1, 0.15) is 39.5 Å². The van der Waals surface area contributed by atoms with Crippen LogP contribution in [0, 0.1) is 11.8 Å². The van der Waals surface area contributed by atoms with Crippen LogP contribution >= 0.6 is 0 Å². The highest BCUT2D eigenvalue weighted by Crippen LogP contribution is 2.17. The van der Waals surface area contributed by atoms with Gasteiger partial charge in [-0.3, -0.25) is 19.2 Å². The van der Waals surface area contributed by atoms with Crippen molar-refractivity contribution in [3.05, 3.63) is 0 Å². The lowest BCUT2D eigenvalue weighted by Gasteiger charge is -2.28. The summed E-state index contributed by atoms with van der Waals surface area (Å²) in [4.78, 5) is 46.2. The molecule has 2 aliphatic rings. The van der Waals surface area contributed by atoms with Crippen molar-refractivity contribution in [1.82, 2.24) is 9.80 Å². The number of carboxylic acids is 2. The maximum absolute atomic E-state index is 10.9. The van der Waals surface area contributed by atoms with Gasteiger partial charge >= 0.3 is 11.9 Å². The van der Waals surface area contributed by atoms with Crippen molar-refractivity contribution in [2.24, 2.45) is 11.8 Å². The predicted molar refractivity (Wildman–Crippen MR) is 85.2 cm³/mol. The van der Waals surface area contributed by atoms with Gasteiger partial charge in [-0.15, -0.1) is 0 Å². The Labute approximate surface area is 141 Å². The topological polar surface area (TPSA) is 115 Å². The van der Waals surface area contributed by atoms with Crippen molar-refractivity contribution < 1.29 is 29.4 Å². The summed E-state index contributed by atoms with van der Waals surface area (Å²) in [5.74, 6) is -1.89.